The van der Waals surface area contributed by atoms with Crippen LogP contribution in [0.25, 0.3) is 17.5 Å². The van der Waals surface area contributed by atoms with Crippen LogP contribution in [0.5, 0.6) is 0 Å². The van der Waals surface area contributed by atoms with Crippen molar-refractivity contribution in [1.82, 2.24) is 4.57 Å². The molecule has 178 valence electrons. The number of esters is 1. The van der Waals surface area contributed by atoms with Gasteiger partial charge in [0.15, 0.2) is 0 Å². The first-order valence-corrected chi connectivity index (χ1v) is 14.0. The van der Waals surface area contributed by atoms with E-state index >= 15 is 0 Å². The lowest BCUT2D eigenvalue weighted by atomic mass is 9.84. The van der Waals surface area contributed by atoms with E-state index in [1.54, 1.807) is 36.5 Å². The molecule has 35 heavy (non-hydrogen) atoms. The minimum absolute atomic E-state index is 0.0353. The third kappa shape index (κ3) is 4.69. The molecule has 1 aliphatic rings. The summed E-state index contributed by atoms with van der Waals surface area (Å²) in [5.41, 5.74) is 8.01. The summed E-state index contributed by atoms with van der Waals surface area (Å²) >= 11 is 4.40. The van der Waals surface area contributed by atoms with E-state index in [2.05, 4.69) is 6.07 Å². The van der Waals surface area contributed by atoms with Crippen molar-refractivity contribution in [1.29, 1.82) is 5.26 Å². The molecule has 0 saturated heterocycles. The topological polar surface area (TPSA) is 98.1 Å². The molecule has 2 aromatic carbocycles. The van der Waals surface area contributed by atoms with Crippen LogP contribution in [0.4, 0.5) is 0 Å². The van der Waals surface area contributed by atoms with Crippen LogP contribution in [-0.2, 0) is 9.53 Å². The van der Waals surface area contributed by atoms with Crippen LogP contribution in [0.3, 0.4) is 0 Å². The Bertz CT molecular complexity index is 1530. The average molecular weight is 522 g/mol. The lowest BCUT2D eigenvalue weighted by Crippen LogP contribution is -2.40. The molecule has 4 rings (SSSR count). The number of nitriles is 1. The van der Waals surface area contributed by atoms with Crippen LogP contribution >= 0.6 is 34.9 Å². The molecule has 3 aromatic rings. The lowest BCUT2D eigenvalue weighted by molar-refractivity contribution is -0.136. The summed E-state index contributed by atoms with van der Waals surface area (Å²) in [5.74, 6) is -1.27. The molecule has 2 N–H and O–H groups in total. The number of fused-ring (bicyclic) bond motifs is 1. The molecule has 0 bridgehead atoms. The van der Waals surface area contributed by atoms with Gasteiger partial charge in [-0.15, -0.1) is 34.9 Å². The molecule has 0 radical (unpaired) electrons. The maximum Gasteiger partial charge on any atom is 0.338 e. The Morgan fingerprint density at radius 2 is 1.74 bits per heavy atom. The number of thiazole rings is 1. The number of thioether (sulfide) groups is 2. The molecule has 2 heterocycles. The van der Waals surface area contributed by atoms with Gasteiger partial charge in [0.05, 0.1) is 34.3 Å². The second kappa shape index (κ2) is 10.6. The van der Waals surface area contributed by atoms with E-state index in [4.69, 9.17) is 10.5 Å². The fourth-order valence-corrected chi connectivity index (χ4v) is 5.92. The number of carbonyl (C=O) groups is 1. The summed E-state index contributed by atoms with van der Waals surface area (Å²) in [5, 5.41) is 10.1. The SMILES string of the molecule is CCOC(=O)C1=c2s/c(=C/c3ccc(SC)cc3)c(=O)n2C(N)=C(C#N)[C@H]1c1ccc(SC)cc1. The number of benzene rings is 2. The van der Waals surface area contributed by atoms with E-state index in [9.17, 15) is 14.9 Å². The molecule has 0 unspecified atom stereocenters. The van der Waals surface area contributed by atoms with Crippen molar-refractivity contribution in [3.05, 3.63) is 84.8 Å². The van der Waals surface area contributed by atoms with E-state index in [1.807, 2.05) is 61.0 Å². The second-order valence-corrected chi connectivity index (χ2v) is 10.4. The Morgan fingerprint density at radius 3 is 2.29 bits per heavy atom. The Labute approximate surface area is 215 Å². The third-order valence-electron chi connectivity index (χ3n) is 5.63. The summed E-state index contributed by atoms with van der Waals surface area (Å²) in [6.45, 7) is 1.88. The molecular weight excluding hydrogens is 499 g/mol. The van der Waals surface area contributed by atoms with E-state index < -0.39 is 11.9 Å². The molecule has 1 aliphatic heterocycles. The summed E-state index contributed by atoms with van der Waals surface area (Å²) in [6.07, 6.45) is 5.74. The van der Waals surface area contributed by atoms with Crippen molar-refractivity contribution in [2.75, 3.05) is 19.1 Å². The van der Waals surface area contributed by atoms with E-state index in [0.29, 0.717) is 9.20 Å². The summed E-state index contributed by atoms with van der Waals surface area (Å²) in [7, 11) is 0. The number of carbonyl (C=O) groups excluding carboxylic acids is 1. The number of allylic oxidation sites excluding steroid dienone is 1. The van der Waals surface area contributed by atoms with Crippen LogP contribution in [0, 0.1) is 11.3 Å². The van der Waals surface area contributed by atoms with Gasteiger partial charge in [0, 0.05) is 9.79 Å². The number of hydrogen-bond donors (Lipinski definition) is 1. The first kappa shape index (κ1) is 24.9. The normalized spacial score (nSPS) is 15.7. The largest absolute Gasteiger partial charge is 0.463 e. The Hall–Kier alpha value is -3.19. The van der Waals surface area contributed by atoms with Gasteiger partial charge in [-0.05, 0) is 60.9 Å². The number of nitrogens with two attached hydrogens (primary N) is 1. The Kier molecular flexibility index (Phi) is 7.55. The molecule has 9 heteroatoms. The first-order valence-electron chi connectivity index (χ1n) is 10.8. The van der Waals surface area contributed by atoms with Gasteiger partial charge in [-0.25, -0.2) is 4.79 Å². The maximum absolute atomic E-state index is 13.4. The van der Waals surface area contributed by atoms with Gasteiger partial charge in [-0.3, -0.25) is 9.36 Å². The van der Waals surface area contributed by atoms with Crippen LogP contribution in [0.15, 0.2) is 68.7 Å². The number of aromatic nitrogens is 1. The maximum atomic E-state index is 13.4. The van der Waals surface area contributed by atoms with E-state index in [-0.39, 0.29) is 29.1 Å². The van der Waals surface area contributed by atoms with Gasteiger partial charge in [-0.1, -0.05) is 24.3 Å². The highest BCUT2D eigenvalue weighted by Crippen LogP contribution is 2.37. The Balaban J connectivity index is 2.03. The number of rotatable bonds is 6. The monoisotopic (exact) mass is 521 g/mol. The lowest BCUT2D eigenvalue weighted by Gasteiger charge is -2.24. The molecule has 0 saturated carbocycles. The molecule has 6 nitrogen and oxygen atoms in total. The van der Waals surface area contributed by atoms with Gasteiger partial charge in [0.25, 0.3) is 5.56 Å². The smallest absolute Gasteiger partial charge is 0.338 e. The van der Waals surface area contributed by atoms with Gasteiger partial charge in [0.1, 0.15) is 10.5 Å². The highest BCUT2D eigenvalue weighted by Gasteiger charge is 2.36. The van der Waals surface area contributed by atoms with Crippen LogP contribution in [0.1, 0.15) is 24.0 Å². The summed E-state index contributed by atoms with van der Waals surface area (Å²) in [6, 6.07) is 17.6. The molecular formula is C26H23N3O3S3. The third-order valence-corrected chi connectivity index (χ3v) is 8.22. The second-order valence-electron chi connectivity index (χ2n) is 7.58. The van der Waals surface area contributed by atoms with Crippen LogP contribution in [-0.4, -0.2) is 29.7 Å². The molecule has 0 fully saturated rings. The van der Waals surface area contributed by atoms with Crippen molar-refractivity contribution >= 4 is 58.3 Å². The van der Waals surface area contributed by atoms with Crippen molar-refractivity contribution < 1.29 is 9.53 Å². The molecule has 1 aromatic heterocycles. The summed E-state index contributed by atoms with van der Waals surface area (Å²) < 4.78 is 7.45. The predicted molar refractivity (Wildman–Crippen MR) is 144 cm³/mol. The zero-order chi connectivity index (χ0) is 25.1. The van der Waals surface area contributed by atoms with Gasteiger partial charge >= 0.3 is 5.97 Å². The average Bonchev–Trinajstić information content (AvgIpc) is 3.20. The number of hydrogen-bond acceptors (Lipinski definition) is 8. The van der Waals surface area contributed by atoms with Gasteiger partial charge in [-0.2, -0.15) is 5.26 Å². The predicted octanol–water partition coefficient (Wildman–Crippen LogP) is 3.34. The van der Waals surface area contributed by atoms with Crippen molar-refractivity contribution in [2.24, 2.45) is 5.73 Å². The zero-order valence-electron chi connectivity index (χ0n) is 19.4. The summed E-state index contributed by atoms with van der Waals surface area (Å²) in [4.78, 5) is 28.8. The minimum Gasteiger partial charge on any atom is -0.463 e. The highest BCUT2D eigenvalue weighted by atomic mass is 32.2. The van der Waals surface area contributed by atoms with Crippen molar-refractivity contribution in [2.45, 2.75) is 22.6 Å². The quantitative estimate of drug-likeness (QED) is 0.392. The fourth-order valence-electron chi connectivity index (χ4n) is 3.93. The van der Waals surface area contributed by atoms with Crippen LogP contribution in [0.2, 0.25) is 0 Å². The zero-order valence-corrected chi connectivity index (χ0v) is 21.9. The number of ether oxygens (including phenoxy) is 1. The van der Waals surface area contributed by atoms with Crippen molar-refractivity contribution in [3.63, 3.8) is 0 Å². The first-order chi connectivity index (χ1) is 16.9. The van der Waals surface area contributed by atoms with Gasteiger partial charge < -0.3 is 10.5 Å². The highest BCUT2D eigenvalue weighted by molar-refractivity contribution is 7.98. The number of nitrogens with zero attached hydrogens (tertiary/aromatic N) is 2. The fraction of sp³-hybridized carbons (Fsp3) is 0.192. The Morgan fingerprint density at radius 1 is 1.14 bits per heavy atom. The molecule has 1 atom stereocenters. The van der Waals surface area contributed by atoms with E-state index in [1.165, 1.54) is 15.9 Å². The molecule has 0 aliphatic carbocycles. The van der Waals surface area contributed by atoms with Crippen molar-refractivity contribution in [3.8, 4) is 6.07 Å². The standard InChI is InChI=1S/C26H23N3O3S3/c1-4-32-26(31)22-21(16-7-11-18(34-3)12-8-16)19(14-27)23(28)29-24(30)20(35-25(22)29)13-15-5-9-17(33-2)10-6-15/h5-13,21H,4,28H2,1-3H3/b20-13+/t21-/m1/s1. The molecule has 0 spiro atoms. The molecule has 0 amide bonds. The minimum atomic E-state index is -0.735. The van der Waals surface area contributed by atoms with E-state index in [0.717, 1.165) is 20.9 Å². The van der Waals surface area contributed by atoms with Gasteiger partial charge in [0.2, 0.25) is 0 Å². The van der Waals surface area contributed by atoms with Crippen LogP contribution < -0.4 is 20.5 Å².